The number of nitrogens with two attached hydrogens (primary N) is 1. The largest absolute Gasteiger partial charge is 0.505 e. The maximum Gasteiger partial charge on any atom is 0.201 e. The van der Waals surface area contributed by atoms with Gasteiger partial charge in [-0.15, -0.1) is 19.0 Å². The van der Waals surface area contributed by atoms with Crippen molar-refractivity contribution in [2.75, 3.05) is 0 Å². The molecule has 6 heteroatoms. The number of phenolic OH excluding ortho intramolecular Hbond substituents is 1. The molecule has 0 aliphatic carbocycles. The second-order valence-corrected chi connectivity index (χ2v) is 4.25. The van der Waals surface area contributed by atoms with Crippen LogP contribution in [0.15, 0.2) is 23.2 Å². The lowest BCUT2D eigenvalue weighted by Gasteiger charge is -2.14. The van der Waals surface area contributed by atoms with Gasteiger partial charge < -0.3 is 10.8 Å². The monoisotopic (exact) mass is 327 g/mol. The summed E-state index contributed by atoms with van der Waals surface area (Å²) in [5.41, 5.74) is 5.94. The number of allylic oxidation sites excluding steroid dienone is 1. The van der Waals surface area contributed by atoms with Crippen LogP contribution in [0.4, 0.5) is 8.78 Å². The second-order valence-electron chi connectivity index (χ2n) is 3.40. The van der Waals surface area contributed by atoms with E-state index < -0.39 is 23.4 Å². The Morgan fingerprint density at radius 1 is 1.47 bits per heavy atom. The van der Waals surface area contributed by atoms with Gasteiger partial charge in [-0.25, -0.2) is 4.39 Å². The van der Waals surface area contributed by atoms with E-state index in [1.54, 1.807) is 6.08 Å². The molecule has 0 unspecified atom stereocenters. The van der Waals surface area contributed by atoms with E-state index in [2.05, 4.69) is 22.5 Å². The Morgan fingerprint density at radius 2 is 2.06 bits per heavy atom. The summed E-state index contributed by atoms with van der Waals surface area (Å²) in [6, 6.07) is 0.742. The number of benzene rings is 1. The molecule has 0 saturated heterocycles. The summed E-state index contributed by atoms with van der Waals surface area (Å²) in [5.74, 6) is -3.12. The third-order valence-electron chi connectivity index (χ3n) is 2.25. The molecule has 0 amide bonds. The fourth-order valence-electron chi connectivity index (χ4n) is 1.34. The molecule has 1 aromatic rings. The molecule has 0 aromatic heterocycles. The fraction of sp³-hybridized carbons (Fsp3) is 0.273. The SMILES string of the molecule is C=CCC[C@@H](N)c1cc(Br)c(F)c(F)c1O.Cl. The summed E-state index contributed by atoms with van der Waals surface area (Å²) >= 11 is 2.87. The normalized spacial score (nSPS) is 11.8. The van der Waals surface area contributed by atoms with Gasteiger partial charge in [0.2, 0.25) is 5.82 Å². The Bertz CT molecular complexity index is 415. The van der Waals surface area contributed by atoms with E-state index in [1.807, 2.05) is 0 Å². The zero-order chi connectivity index (χ0) is 12.3. The lowest BCUT2D eigenvalue weighted by Crippen LogP contribution is -2.11. The van der Waals surface area contributed by atoms with Crippen LogP contribution in [0.3, 0.4) is 0 Å². The van der Waals surface area contributed by atoms with Gasteiger partial charge in [0.25, 0.3) is 0 Å². The molecule has 1 atom stereocenters. The van der Waals surface area contributed by atoms with Crippen LogP contribution in [0.25, 0.3) is 0 Å². The van der Waals surface area contributed by atoms with Crippen molar-refractivity contribution in [3.05, 3.63) is 40.4 Å². The molecular weight excluding hydrogens is 315 g/mol. The zero-order valence-electron chi connectivity index (χ0n) is 8.92. The lowest BCUT2D eigenvalue weighted by molar-refractivity contribution is 0.394. The smallest absolute Gasteiger partial charge is 0.201 e. The number of rotatable bonds is 4. The Labute approximate surface area is 113 Å². The van der Waals surface area contributed by atoms with Gasteiger partial charge in [0.15, 0.2) is 11.6 Å². The standard InChI is InChI=1S/C11H12BrF2NO.ClH/c1-2-3-4-8(15)6-5-7(12)9(13)10(14)11(6)16;/h2,5,8,16H,1,3-4,15H2;1H/t8-;/m1./s1. The number of hydrogen-bond acceptors (Lipinski definition) is 2. The first-order valence-corrected chi connectivity index (χ1v) is 5.51. The minimum absolute atomic E-state index is 0. The molecule has 0 saturated carbocycles. The molecule has 0 fully saturated rings. The molecule has 17 heavy (non-hydrogen) atoms. The molecule has 0 aliphatic rings. The molecule has 0 spiro atoms. The lowest BCUT2D eigenvalue weighted by atomic mass is 10.0. The van der Waals surface area contributed by atoms with Crippen LogP contribution in [-0.4, -0.2) is 5.11 Å². The van der Waals surface area contributed by atoms with Crippen LogP contribution in [0, 0.1) is 11.6 Å². The predicted molar refractivity (Wildman–Crippen MR) is 69.3 cm³/mol. The third kappa shape index (κ3) is 3.66. The summed E-state index contributed by atoms with van der Waals surface area (Å²) in [6.07, 6.45) is 2.82. The van der Waals surface area contributed by atoms with Gasteiger partial charge in [-0.1, -0.05) is 6.08 Å². The maximum atomic E-state index is 13.2. The van der Waals surface area contributed by atoms with Crippen molar-refractivity contribution in [3.8, 4) is 5.75 Å². The second kappa shape index (κ2) is 6.93. The highest BCUT2D eigenvalue weighted by atomic mass is 79.9. The molecule has 0 bridgehead atoms. The Morgan fingerprint density at radius 3 is 2.59 bits per heavy atom. The Kier molecular flexibility index (Phi) is 6.67. The average Bonchev–Trinajstić information content (AvgIpc) is 2.28. The average molecular weight is 329 g/mol. The van der Waals surface area contributed by atoms with Crippen LogP contribution in [0.2, 0.25) is 0 Å². The number of halogens is 4. The highest BCUT2D eigenvalue weighted by Gasteiger charge is 2.20. The van der Waals surface area contributed by atoms with Gasteiger partial charge >= 0.3 is 0 Å². The van der Waals surface area contributed by atoms with Crippen molar-refractivity contribution in [1.29, 1.82) is 0 Å². The number of phenols is 1. The molecule has 3 N–H and O–H groups in total. The van der Waals surface area contributed by atoms with Crippen molar-refractivity contribution in [2.24, 2.45) is 5.73 Å². The fourth-order valence-corrected chi connectivity index (χ4v) is 1.76. The van der Waals surface area contributed by atoms with Gasteiger partial charge in [0.05, 0.1) is 4.47 Å². The van der Waals surface area contributed by atoms with Gasteiger partial charge in [0.1, 0.15) is 0 Å². The van der Waals surface area contributed by atoms with Crippen LogP contribution < -0.4 is 5.73 Å². The van der Waals surface area contributed by atoms with E-state index in [0.717, 1.165) is 0 Å². The van der Waals surface area contributed by atoms with Gasteiger partial charge in [-0.3, -0.25) is 0 Å². The minimum atomic E-state index is -1.28. The first-order valence-electron chi connectivity index (χ1n) is 4.71. The maximum absolute atomic E-state index is 13.2. The molecular formula is C11H13BrClF2NO. The van der Waals surface area contributed by atoms with Crippen molar-refractivity contribution in [3.63, 3.8) is 0 Å². The first kappa shape index (κ1) is 16.4. The topological polar surface area (TPSA) is 46.2 Å². The van der Waals surface area contributed by atoms with E-state index in [1.165, 1.54) is 6.07 Å². The van der Waals surface area contributed by atoms with Crippen LogP contribution in [0.1, 0.15) is 24.4 Å². The summed E-state index contributed by atoms with van der Waals surface area (Å²) in [7, 11) is 0. The van der Waals surface area contributed by atoms with Crippen molar-refractivity contribution >= 4 is 28.3 Å². The quantitative estimate of drug-likeness (QED) is 0.652. The van der Waals surface area contributed by atoms with Gasteiger partial charge in [-0.2, -0.15) is 4.39 Å². The Balaban J connectivity index is 0.00000256. The highest BCUT2D eigenvalue weighted by molar-refractivity contribution is 9.10. The summed E-state index contributed by atoms with van der Waals surface area (Å²) in [6.45, 7) is 3.54. The summed E-state index contributed by atoms with van der Waals surface area (Å²) < 4.78 is 26.2. The molecule has 0 heterocycles. The molecule has 2 nitrogen and oxygen atoms in total. The van der Waals surface area contributed by atoms with Crippen molar-refractivity contribution in [2.45, 2.75) is 18.9 Å². The molecule has 1 rings (SSSR count). The van der Waals surface area contributed by atoms with Crippen molar-refractivity contribution < 1.29 is 13.9 Å². The van der Waals surface area contributed by atoms with Crippen LogP contribution in [-0.2, 0) is 0 Å². The predicted octanol–water partition coefficient (Wildman–Crippen LogP) is 3.82. The van der Waals surface area contributed by atoms with Crippen LogP contribution >= 0.6 is 28.3 Å². The van der Waals surface area contributed by atoms with E-state index in [0.29, 0.717) is 12.8 Å². The molecule has 0 aliphatic heterocycles. The zero-order valence-corrected chi connectivity index (χ0v) is 11.3. The van der Waals surface area contributed by atoms with E-state index >= 15 is 0 Å². The van der Waals surface area contributed by atoms with E-state index in [9.17, 15) is 13.9 Å². The molecule has 96 valence electrons. The van der Waals surface area contributed by atoms with E-state index in [4.69, 9.17) is 5.73 Å². The number of aromatic hydroxyl groups is 1. The molecule has 1 aromatic carbocycles. The summed E-state index contributed by atoms with van der Waals surface area (Å²) in [4.78, 5) is 0. The molecule has 0 radical (unpaired) electrons. The third-order valence-corrected chi connectivity index (χ3v) is 2.82. The minimum Gasteiger partial charge on any atom is -0.505 e. The number of hydrogen-bond donors (Lipinski definition) is 2. The van der Waals surface area contributed by atoms with Crippen molar-refractivity contribution in [1.82, 2.24) is 0 Å². The Hall–Kier alpha value is -0.650. The van der Waals surface area contributed by atoms with Crippen LogP contribution in [0.5, 0.6) is 5.75 Å². The summed E-state index contributed by atoms with van der Waals surface area (Å²) in [5, 5.41) is 9.43. The van der Waals surface area contributed by atoms with Gasteiger partial charge in [-0.05, 0) is 34.8 Å². The van der Waals surface area contributed by atoms with Gasteiger partial charge in [0, 0.05) is 11.6 Å². The highest BCUT2D eigenvalue weighted by Crippen LogP contribution is 2.34. The van der Waals surface area contributed by atoms with E-state index in [-0.39, 0.29) is 22.4 Å². The first-order chi connectivity index (χ1) is 7.49.